The van der Waals surface area contributed by atoms with Crippen LogP contribution in [0.3, 0.4) is 0 Å². The lowest BCUT2D eigenvalue weighted by Crippen LogP contribution is -2.34. The summed E-state index contributed by atoms with van der Waals surface area (Å²) in [5.74, 6) is -1.29. The van der Waals surface area contributed by atoms with Crippen LogP contribution < -0.4 is 10.6 Å². The maximum absolute atomic E-state index is 13.4. The first-order chi connectivity index (χ1) is 10.2. The van der Waals surface area contributed by atoms with Crippen LogP contribution in [-0.4, -0.2) is 36.2 Å². The second-order valence-electron chi connectivity index (χ2n) is 5.23. The molecule has 1 saturated heterocycles. The van der Waals surface area contributed by atoms with Crippen LogP contribution in [0.4, 0.5) is 14.5 Å². The van der Waals surface area contributed by atoms with Crippen molar-refractivity contribution < 1.29 is 8.78 Å². The molecule has 1 aliphatic rings. The molecule has 2 rings (SSSR count). The number of rotatable bonds is 5. The van der Waals surface area contributed by atoms with E-state index in [9.17, 15) is 8.78 Å². The van der Waals surface area contributed by atoms with Crippen LogP contribution in [0.1, 0.15) is 25.7 Å². The fourth-order valence-corrected chi connectivity index (χ4v) is 2.67. The molecular weight excluding hydrogens is 292 g/mol. The van der Waals surface area contributed by atoms with Gasteiger partial charge < -0.3 is 15.5 Å². The lowest BCUT2D eigenvalue weighted by atomic mass is 10.1. The van der Waals surface area contributed by atoms with Gasteiger partial charge in [-0.1, -0.05) is 12.5 Å². The highest BCUT2D eigenvalue weighted by Crippen LogP contribution is 2.17. The zero-order valence-electron chi connectivity index (χ0n) is 12.0. The number of hydrogen-bond acceptors (Lipinski definition) is 2. The van der Waals surface area contributed by atoms with Crippen molar-refractivity contribution in [3.8, 4) is 0 Å². The van der Waals surface area contributed by atoms with Crippen molar-refractivity contribution in [1.29, 1.82) is 0 Å². The Morgan fingerprint density at radius 2 is 1.81 bits per heavy atom. The zero-order chi connectivity index (χ0) is 15.1. The minimum Gasteiger partial charge on any atom is -0.362 e. The summed E-state index contributed by atoms with van der Waals surface area (Å²) in [6.07, 6.45) is 4.85. The van der Waals surface area contributed by atoms with Gasteiger partial charge in [-0.25, -0.2) is 8.78 Å². The average Bonchev–Trinajstić information content (AvgIpc) is 2.49. The van der Waals surface area contributed by atoms with Crippen molar-refractivity contribution in [1.82, 2.24) is 10.2 Å². The van der Waals surface area contributed by atoms with E-state index in [2.05, 4.69) is 15.5 Å². The van der Waals surface area contributed by atoms with E-state index in [-0.39, 0.29) is 10.8 Å². The van der Waals surface area contributed by atoms with E-state index in [4.69, 9.17) is 12.2 Å². The maximum atomic E-state index is 13.4. The normalized spacial score (nSPS) is 15.7. The summed E-state index contributed by atoms with van der Waals surface area (Å²) >= 11 is 5.06. The van der Waals surface area contributed by atoms with Crippen molar-refractivity contribution in [3.05, 3.63) is 29.8 Å². The number of anilines is 1. The molecule has 6 heteroatoms. The molecule has 0 spiro atoms. The molecule has 0 unspecified atom stereocenters. The van der Waals surface area contributed by atoms with Crippen LogP contribution in [0.15, 0.2) is 18.2 Å². The first-order valence-corrected chi connectivity index (χ1v) is 7.79. The smallest absolute Gasteiger partial charge is 0.170 e. The van der Waals surface area contributed by atoms with Crippen molar-refractivity contribution in [2.24, 2.45) is 0 Å². The van der Waals surface area contributed by atoms with Crippen molar-refractivity contribution >= 4 is 23.0 Å². The number of thiocarbonyl (C=S) groups is 1. The van der Waals surface area contributed by atoms with Crippen LogP contribution >= 0.6 is 12.2 Å². The molecule has 0 atom stereocenters. The summed E-state index contributed by atoms with van der Waals surface area (Å²) in [5, 5.41) is 5.81. The Balaban J connectivity index is 1.67. The number of hydrogen-bond donors (Lipinski definition) is 2. The van der Waals surface area contributed by atoms with Crippen LogP contribution in [-0.2, 0) is 0 Å². The molecule has 1 aromatic rings. The molecule has 0 saturated carbocycles. The second-order valence-corrected chi connectivity index (χ2v) is 5.64. The number of benzene rings is 1. The Kier molecular flexibility index (Phi) is 6.32. The number of likely N-dealkylation sites (tertiary alicyclic amines) is 1. The molecular formula is C15H21F2N3S. The third kappa shape index (κ3) is 5.21. The molecule has 116 valence electrons. The molecule has 0 bridgehead atoms. The van der Waals surface area contributed by atoms with Gasteiger partial charge in [0.1, 0.15) is 17.3 Å². The van der Waals surface area contributed by atoms with E-state index in [1.54, 1.807) is 0 Å². The minimum absolute atomic E-state index is 0.203. The van der Waals surface area contributed by atoms with Gasteiger partial charge in [0, 0.05) is 6.54 Å². The van der Waals surface area contributed by atoms with Gasteiger partial charge in [0.05, 0.1) is 0 Å². The molecule has 0 radical (unpaired) electrons. The molecule has 2 N–H and O–H groups in total. The predicted octanol–water partition coefficient (Wildman–Crippen LogP) is 3.13. The Labute approximate surface area is 129 Å². The molecule has 1 heterocycles. The van der Waals surface area contributed by atoms with E-state index in [0.717, 1.165) is 13.0 Å². The Morgan fingerprint density at radius 3 is 2.48 bits per heavy atom. The van der Waals surface area contributed by atoms with Gasteiger partial charge in [-0.05, 0) is 63.2 Å². The fourth-order valence-electron chi connectivity index (χ4n) is 2.46. The summed E-state index contributed by atoms with van der Waals surface area (Å²) in [6, 6.07) is 3.72. The third-order valence-electron chi connectivity index (χ3n) is 3.59. The standard InChI is InChI=1S/C15H21F2N3S/c16-12-6-4-7-13(17)14(12)19-15(21)18-8-5-11-20-9-2-1-3-10-20/h4,6-7H,1-3,5,8-11H2,(H2,18,19,21). The Morgan fingerprint density at radius 1 is 1.14 bits per heavy atom. The molecule has 0 aliphatic carbocycles. The number of nitrogens with zero attached hydrogens (tertiary/aromatic N) is 1. The molecule has 1 fully saturated rings. The van der Waals surface area contributed by atoms with E-state index >= 15 is 0 Å². The van der Waals surface area contributed by atoms with E-state index in [1.165, 1.54) is 50.6 Å². The zero-order valence-corrected chi connectivity index (χ0v) is 12.8. The van der Waals surface area contributed by atoms with Gasteiger partial charge in [-0.2, -0.15) is 0 Å². The summed E-state index contributed by atoms with van der Waals surface area (Å²) in [7, 11) is 0. The van der Waals surface area contributed by atoms with Crippen LogP contribution in [0.2, 0.25) is 0 Å². The van der Waals surface area contributed by atoms with Gasteiger partial charge >= 0.3 is 0 Å². The first kappa shape index (κ1) is 16.1. The molecule has 0 amide bonds. The largest absolute Gasteiger partial charge is 0.362 e. The van der Waals surface area contributed by atoms with Gasteiger partial charge in [0.15, 0.2) is 5.11 Å². The summed E-state index contributed by atoms with van der Waals surface area (Å²) in [5.41, 5.74) is -0.203. The monoisotopic (exact) mass is 313 g/mol. The minimum atomic E-state index is -0.646. The molecule has 21 heavy (non-hydrogen) atoms. The van der Waals surface area contributed by atoms with Crippen LogP contribution in [0.5, 0.6) is 0 Å². The van der Waals surface area contributed by atoms with E-state index in [1.807, 2.05) is 0 Å². The number of piperidine rings is 1. The maximum Gasteiger partial charge on any atom is 0.170 e. The highest BCUT2D eigenvalue weighted by molar-refractivity contribution is 7.80. The summed E-state index contributed by atoms with van der Waals surface area (Å²) in [4.78, 5) is 2.44. The topological polar surface area (TPSA) is 27.3 Å². The van der Waals surface area contributed by atoms with E-state index < -0.39 is 11.6 Å². The molecule has 1 aliphatic heterocycles. The lowest BCUT2D eigenvalue weighted by molar-refractivity contribution is 0.227. The Hall–Kier alpha value is -1.27. The number of halogens is 2. The molecule has 3 nitrogen and oxygen atoms in total. The average molecular weight is 313 g/mol. The predicted molar refractivity (Wildman–Crippen MR) is 85.5 cm³/mol. The van der Waals surface area contributed by atoms with Gasteiger partial charge in [0.25, 0.3) is 0 Å². The van der Waals surface area contributed by atoms with Gasteiger partial charge in [-0.15, -0.1) is 0 Å². The van der Waals surface area contributed by atoms with Crippen molar-refractivity contribution in [2.75, 3.05) is 31.5 Å². The second kappa shape index (κ2) is 8.24. The van der Waals surface area contributed by atoms with E-state index in [0.29, 0.717) is 6.54 Å². The van der Waals surface area contributed by atoms with Crippen molar-refractivity contribution in [3.63, 3.8) is 0 Å². The SMILES string of the molecule is Fc1cccc(F)c1NC(=S)NCCCN1CCCCC1. The highest BCUT2D eigenvalue weighted by atomic mass is 32.1. The highest BCUT2D eigenvalue weighted by Gasteiger charge is 2.10. The van der Waals surface area contributed by atoms with Gasteiger partial charge in [0.2, 0.25) is 0 Å². The molecule has 0 aromatic heterocycles. The first-order valence-electron chi connectivity index (χ1n) is 7.38. The van der Waals surface area contributed by atoms with Crippen LogP contribution in [0, 0.1) is 11.6 Å². The number of nitrogens with one attached hydrogen (secondary N) is 2. The quantitative estimate of drug-likeness (QED) is 0.645. The molecule has 1 aromatic carbocycles. The third-order valence-corrected chi connectivity index (χ3v) is 3.83. The Bertz CT molecular complexity index is 456. The number of para-hydroxylation sites is 1. The summed E-state index contributed by atoms with van der Waals surface area (Å²) in [6.45, 7) is 4.06. The fraction of sp³-hybridized carbons (Fsp3) is 0.533. The summed E-state index contributed by atoms with van der Waals surface area (Å²) < 4.78 is 26.9. The van der Waals surface area contributed by atoms with Crippen LogP contribution in [0.25, 0.3) is 0 Å². The van der Waals surface area contributed by atoms with Crippen molar-refractivity contribution in [2.45, 2.75) is 25.7 Å². The van der Waals surface area contributed by atoms with Gasteiger partial charge in [-0.3, -0.25) is 0 Å². The lowest BCUT2D eigenvalue weighted by Gasteiger charge is -2.26.